The lowest BCUT2D eigenvalue weighted by atomic mass is 10.00. The second-order valence-corrected chi connectivity index (χ2v) is 6.48. The summed E-state index contributed by atoms with van der Waals surface area (Å²) in [6.45, 7) is 6.16. The fourth-order valence-corrected chi connectivity index (χ4v) is 2.66. The third kappa shape index (κ3) is 3.88. The molecule has 1 aromatic carbocycles. The molecule has 1 aromatic heterocycles. The highest BCUT2D eigenvalue weighted by molar-refractivity contribution is 6.31. The lowest BCUT2D eigenvalue weighted by molar-refractivity contribution is 0.0128. The summed E-state index contributed by atoms with van der Waals surface area (Å²) >= 11 is 5.99. The van der Waals surface area contributed by atoms with Crippen molar-refractivity contribution in [2.45, 2.75) is 38.8 Å². The lowest BCUT2D eigenvalue weighted by Crippen LogP contribution is -2.31. The first kappa shape index (κ1) is 16.5. The van der Waals surface area contributed by atoms with Gasteiger partial charge in [-0.25, -0.2) is 4.98 Å². The minimum absolute atomic E-state index is 0.166. The minimum atomic E-state index is -0.213. The molecule has 0 bridgehead atoms. The zero-order valence-electron chi connectivity index (χ0n) is 13.3. The summed E-state index contributed by atoms with van der Waals surface area (Å²) in [6, 6.07) is 9.50. The van der Waals surface area contributed by atoms with E-state index in [2.05, 4.69) is 23.3 Å². The van der Waals surface area contributed by atoms with Crippen molar-refractivity contribution in [3.63, 3.8) is 0 Å². The van der Waals surface area contributed by atoms with Crippen molar-refractivity contribution in [3.8, 4) is 6.07 Å². The van der Waals surface area contributed by atoms with Crippen molar-refractivity contribution in [2.24, 2.45) is 0 Å². The van der Waals surface area contributed by atoms with E-state index in [0.29, 0.717) is 16.4 Å². The normalized spacial score (nSPS) is 12.9. The van der Waals surface area contributed by atoms with Gasteiger partial charge in [0.2, 0.25) is 0 Å². The first-order valence-corrected chi connectivity index (χ1v) is 7.54. The quantitative estimate of drug-likeness (QED) is 0.889. The molecule has 2 rings (SSSR count). The first-order valence-electron chi connectivity index (χ1n) is 7.17. The van der Waals surface area contributed by atoms with Crippen LogP contribution in [-0.2, 0) is 4.74 Å². The van der Waals surface area contributed by atoms with E-state index in [1.807, 2.05) is 19.9 Å². The van der Waals surface area contributed by atoms with Crippen molar-refractivity contribution < 1.29 is 4.74 Å². The van der Waals surface area contributed by atoms with Crippen LogP contribution < -0.4 is 5.32 Å². The van der Waals surface area contributed by atoms with E-state index in [0.717, 1.165) is 17.3 Å². The first-order chi connectivity index (χ1) is 10.3. The van der Waals surface area contributed by atoms with Gasteiger partial charge in [0.15, 0.2) is 0 Å². The highest BCUT2D eigenvalue weighted by Gasteiger charge is 2.20. The zero-order chi connectivity index (χ0) is 16.3. The van der Waals surface area contributed by atoms with E-state index in [1.165, 1.54) is 0 Å². The van der Waals surface area contributed by atoms with Gasteiger partial charge in [-0.1, -0.05) is 11.6 Å². The summed E-state index contributed by atoms with van der Waals surface area (Å²) in [5.74, 6) is 0.686. The largest absolute Gasteiger partial charge is 0.379 e. The number of nitriles is 1. The monoisotopic (exact) mass is 317 g/mol. The smallest absolute Gasteiger partial charge is 0.128 e. The Bertz CT molecular complexity index is 722. The third-order valence-corrected chi connectivity index (χ3v) is 3.87. The van der Waals surface area contributed by atoms with Crippen LogP contribution in [0.15, 0.2) is 24.3 Å². The van der Waals surface area contributed by atoms with E-state index >= 15 is 0 Å². The molecule has 0 saturated carbocycles. The van der Waals surface area contributed by atoms with Crippen LogP contribution in [0.5, 0.6) is 0 Å². The highest BCUT2D eigenvalue weighted by Crippen LogP contribution is 2.25. The predicted molar refractivity (Wildman–Crippen MR) is 90.3 cm³/mol. The molecule has 0 aliphatic heterocycles. The van der Waals surface area contributed by atoms with Crippen LogP contribution in [0.4, 0.5) is 5.82 Å². The van der Waals surface area contributed by atoms with E-state index < -0.39 is 0 Å². The molecule has 116 valence electrons. The molecule has 0 aliphatic rings. The Morgan fingerprint density at radius 3 is 2.77 bits per heavy atom. The Hall–Kier alpha value is -1.83. The van der Waals surface area contributed by atoms with Crippen LogP contribution in [0.2, 0.25) is 5.02 Å². The van der Waals surface area contributed by atoms with Gasteiger partial charge < -0.3 is 10.1 Å². The number of hydrogen-bond donors (Lipinski definition) is 1. The summed E-state index contributed by atoms with van der Waals surface area (Å²) in [5.41, 5.74) is 1.10. The molecule has 1 unspecified atom stereocenters. The number of fused-ring (bicyclic) bond motifs is 1. The summed E-state index contributed by atoms with van der Waals surface area (Å²) in [7, 11) is 1.71. The average molecular weight is 318 g/mol. The van der Waals surface area contributed by atoms with E-state index in [4.69, 9.17) is 16.3 Å². The second-order valence-electron chi connectivity index (χ2n) is 6.04. The number of nitrogens with zero attached hydrogens (tertiary/aromatic N) is 2. The Kier molecular flexibility index (Phi) is 4.90. The van der Waals surface area contributed by atoms with Crippen LogP contribution in [0.3, 0.4) is 0 Å². The fourth-order valence-electron chi connectivity index (χ4n) is 2.49. The summed E-state index contributed by atoms with van der Waals surface area (Å²) in [6.07, 6.45) is 0.825. The van der Waals surface area contributed by atoms with Crippen molar-refractivity contribution in [2.75, 3.05) is 12.4 Å². The molecule has 5 heteroatoms. The maximum Gasteiger partial charge on any atom is 0.128 e. The Labute approximate surface area is 136 Å². The molecule has 0 aliphatic carbocycles. The number of anilines is 1. The highest BCUT2D eigenvalue weighted by atomic mass is 35.5. The third-order valence-electron chi connectivity index (χ3n) is 3.64. The summed E-state index contributed by atoms with van der Waals surface area (Å²) < 4.78 is 5.45. The molecule has 0 amide bonds. The number of nitrogens with one attached hydrogen (secondary N) is 1. The topological polar surface area (TPSA) is 57.9 Å². The molecule has 2 aromatic rings. The number of hydrogen-bond acceptors (Lipinski definition) is 4. The van der Waals surface area contributed by atoms with Crippen LogP contribution >= 0.6 is 11.6 Å². The van der Waals surface area contributed by atoms with Crippen molar-refractivity contribution in [1.82, 2.24) is 4.98 Å². The number of aromatic nitrogens is 1. The second kappa shape index (κ2) is 6.51. The minimum Gasteiger partial charge on any atom is -0.379 e. The van der Waals surface area contributed by atoms with Crippen LogP contribution in [-0.4, -0.2) is 23.7 Å². The Morgan fingerprint density at radius 1 is 1.41 bits per heavy atom. The average Bonchev–Trinajstić information content (AvgIpc) is 2.46. The number of halogens is 1. The van der Waals surface area contributed by atoms with Gasteiger partial charge in [-0.3, -0.25) is 0 Å². The number of ether oxygens (including phenoxy) is 1. The van der Waals surface area contributed by atoms with E-state index in [-0.39, 0.29) is 11.6 Å². The maximum atomic E-state index is 9.34. The van der Waals surface area contributed by atoms with E-state index in [1.54, 1.807) is 25.3 Å². The molecule has 0 spiro atoms. The number of methoxy groups -OCH3 is 1. The predicted octanol–water partition coefficient (Wildman–Crippen LogP) is 4.38. The number of benzene rings is 1. The molecular formula is C17H20ClN3O. The van der Waals surface area contributed by atoms with Gasteiger partial charge in [-0.2, -0.15) is 5.26 Å². The molecule has 0 radical (unpaired) electrons. The maximum absolute atomic E-state index is 9.34. The zero-order valence-corrected chi connectivity index (χ0v) is 14.0. The van der Waals surface area contributed by atoms with E-state index in [9.17, 15) is 5.26 Å². The van der Waals surface area contributed by atoms with Crippen molar-refractivity contribution >= 4 is 28.3 Å². The van der Waals surface area contributed by atoms with Gasteiger partial charge in [0, 0.05) is 23.6 Å². The van der Waals surface area contributed by atoms with Crippen molar-refractivity contribution in [3.05, 3.63) is 34.9 Å². The van der Waals surface area contributed by atoms with Gasteiger partial charge in [0.05, 0.1) is 22.8 Å². The molecule has 1 atom stereocenters. The molecule has 1 N–H and O–H groups in total. The van der Waals surface area contributed by atoms with Gasteiger partial charge in [0.1, 0.15) is 5.82 Å². The van der Waals surface area contributed by atoms with Crippen LogP contribution in [0.25, 0.3) is 10.9 Å². The number of pyridine rings is 1. The SMILES string of the molecule is COC(C)(C)CC(C)Nc1cc(C#N)c2cc(Cl)ccc2n1. The van der Waals surface area contributed by atoms with Gasteiger partial charge in [-0.05, 0) is 51.5 Å². The molecule has 0 fully saturated rings. The summed E-state index contributed by atoms with van der Waals surface area (Å²) in [4.78, 5) is 4.56. The Morgan fingerprint density at radius 2 is 2.14 bits per heavy atom. The summed E-state index contributed by atoms with van der Waals surface area (Å²) in [5, 5.41) is 14.0. The van der Waals surface area contributed by atoms with Crippen molar-refractivity contribution in [1.29, 1.82) is 5.26 Å². The standard InChI is InChI=1S/C17H20ClN3O/c1-11(9-17(2,3)22-4)20-16-7-12(10-19)14-8-13(18)5-6-15(14)21-16/h5-8,11H,9H2,1-4H3,(H,20,21). The van der Waals surface area contributed by atoms with Gasteiger partial charge in [0.25, 0.3) is 0 Å². The fraction of sp³-hybridized carbons (Fsp3) is 0.412. The van der Waals surface area contributed by atoms with Gasteiger partial charge >= 0.3 is 0 Å². The number of rotatable bonds is 5. The Balaban J connectivity index is 2.29. The molecule has 4 nitrogen and oxygen atoms in total. The molecule has 1 heterocycles. The van der Waals surface area contributed by atoms with Crippen LogP contribution in [0.1, 0.15) is 32.8 Å². The molecule has 22 heavy (non-hydrogen) atoms. The van der Waals surface area contributed by atoms with Gasteiger partial charge in [-0.15, -0.1) is 0 Å². The molecule has 0 saturated heterocycles. The van der Waals surface area contributed by atoms with Crippen LogP contribution in [0, 0.1) is 11.3 Å². The lowest BCUT2D eigenvalue weighted by Gasteiger charge is -2.27. The molecular weight excluding hydrogens is 298 g/mol.